The van der Waals surface area contributed by atoms with E-state index in [0.29, 0.717) is 57.3 Å². The van der Waals surface area contributed by atoms with E-state index in [0.717, 1.165) is 4.70 Å². The number of anilines is 1. The maximum absolute atomic E-state index is 13.4. The molecule has 8 nitrogen and oxygen atoms in total. The average Bonchev–Trinajstić information content (AvgIpc) is 3.46. The summed E-state index contributed by atoms with van der Waals surface area (Å²) in [6.45, 7) is 0.794. The molecule has 2 aliphatic heterocycles. The van der Waals surface area contributed by atoms with Crippen LogP contribution in [0.3, 0.4) is 0 Å². The zero-order valence-electron chi connectivity index (χ0n) is 19.4. The van der Waals surface area contributed by atoms with Crippen LogP contribution in [0.2, 0.25) is 5.02 Å². The molecule has 3 aromatic carbocycles. The van der Waals surface area contributed by atoms with Gasteiger partial charge >= 0.3 is 5.91 Å². The Hall–Kier alpha value is -4.08. The predicted molar refractivity (Wildman–Crippen MR) is 140 cm³/mol. The Morgan fingerprint density at radius 3 is 2.57 bits per heavy atom. The van der Waals surface area contributed by atoms with Crippen molar-refractivity contribution in [3.63, 3.8) is 0 Å². The molecule has 3 heterocycles. The minimum Gasteiger partial charge on any atom is -0.507 e. The van der Waals surface area contributed by atoms with Gasteiger partial charge in [-0.05, 0) is 54.1 Å². The Kier molecular flexibility index (Phi) is 5.73. The van der Waals surface area contributed by atoms with Crippen molar-refractivity contribution in [3.05, 3.63) is 82.4 Å². The Morgan fingerprint density at radius 1 is 1.05 bits per heavy atom. The third-order valence-electron chi connectivity index (χ3n) is 6.24. The van der Waals surface area contributed by atoms with Crippen molar-refractivity contribution in [2.24, 2.45) is 0 Å². The molecule has 186 valence electrons. The first kappa shape index (κ1) is 23.3. The van der Waals surface area contributed by atoms with E-state index in [2.05, 4.69) is 4.98 Å². The molecule has 0 bridgehead atoms. The number of carbonyl (C=O) groups is 2. The second-order valence-corrected chi connectivity index (χ2v) is 9.85. The molecule has 1 N–H and O–H groups in total. The summed E-state index contributed by atoms with van der Waals surface area (Å²) in [5, 5.41) is 12.2. The highest BCUT2D eigenvalue weighted by molar-refractivity contribution is 7.22. The van der Waals surface area contributed by atoms with Gasteiger partial charge in [0.15, 0.2) is 16.6 Å². The van der Waals surface area contributed by atoms with Crippen LogP contribution in [0.1, 0.15) is 17.2 Å². The monoisotopic (exact) mass is 534 g/mol. The summed E-state index contributed by atoms with van der Waals surface area (Å²) >= 11 is 7.37. The van der Waals surface area contributed by atoms with Crippen LogP contribution >= 0.6 is 22.9 Å². The molecule has 0 unspecified atom stereocenters. The maximum Gasteiger partial charge on any atom is 0.301 e. The average molecular weight is 535 g/mol. The largest absolute Gasteiger partial charge is 0.507 e. The van der Waals surface area contributed by atoms with Crippen LogP contribution in [-0.4, -0.2) is 42.1 Å². The van der Waals surface area contributed by atoms with Crippen molar-refractivity contribution in [1.82, 2.24) is 4.98 Å². The van der Waals surface area contributed by atoms with Crippen LogP contribution in [0.25, 0.3) is 16.0 Å². The number of halogens is 1. The summed E-state index contributed by atoms with van der Waals surface area (Å²) in [7, 11) is 1.57. The van der Waals surface area contributed by atoms with Gasteiger partial charge in [0.2, 0.25) is 0 Å². The molecule has 4 aromatic rings. The summed E-state index contributed by atoms with van der Waals surface area (Å²) in [5.41, 5.74) is 1.53. The number of methoxy groups -OCH3 is 1. The molecule has 6 rings (SSSR count). The molecular formula is C27H19ClN2O6S. The topological polar surface area (TPSA) is 98.2 Å². The molecule has 1 saturated heterocycles. The first-order chi connectivity index (χ1) is 17.9. The van der Waals surface area contributed by atoms with Gasteiger partial charge < -0.3 is 19.3 Å². The van der Waals surface area contributed by atoms with Crippen molar-refractivity contribution < 1.29 is 28.9 Å². The molecule has 2 aliphatic rings. The third-order valence-corrected chi connectivity index (χ3v) is 7.51. The van der Waals surface area contributed by atoms with Crippen molar-refractivity contribution in [1.29, 1.82) is 0 Å². The Labute approximate surface area is 220 Å². The number of carbonyl (C=O) groups excluding carboxylic acids is 2. The number of aromatic nitrogens is 1. The number of aliphatic hydroxyl groups is 1. The summed E-state index contributed by atoms with van der Waals surface area (Å²) in [4.78, 5) is 32.8. The Morgan fingerprint density at radius 2 is 1.81 bits per heavy atom. The Bertz CT molecular complexity index is 1600. The number of rotatable bonds is 4. The van der Waals surface area contributed by atoms with Crippen LogP contribution in [0.4, 0.5) is 5.13 Å². The normalized spacial score (nSPS) is 18.4. The number of benzene rings is 3. The molecule has 1 atom stereocenters. The van der Waals surface area contributed by atoms with Gasteiger partial charge in [-0.25, -0.2) is 4.98 Å². The van der Waals surface area contributed by atoms with Crippen molar-refractivity contribution in [2.75, 3.05) is 25.2 Å². The van der Waals surface area contributed by atoms with Crippen LogP contribution < -0.4 is 19.1 Å². The predicted octanol–water partition coefficient (Wildman–Crippen LogP) is 5.36. The summed E-state index contributed by atoms with van der Waals surface area (Å²) in [6, 6.07) is 16.1. The van der Waals surface area contributed by atoms with Gasteiger partial charge in [-0.3, -0.25) is 14.5 Å². The van der Waals surface area contributed by atoms with Gasteiger partial charge in [-0.2, -0.15) is 0 Å². The van der Waals surface area contributed by atoms with E-state index in [1.54, 1.807) is 61.7 Å². The van der Waals surface area contributed by atoms with Crippen LogP contribution in [-0.2, 0) is 9.59 Å². The number of hydrogen-bond donors (Lipinski definition) is 1. The van der Waals surface area contributed by atoms with Crippen LogP contribution in [0.5, 0.6) is 17.2 Å². The zero-order valence-corrected chi connectivity index (χ0v) is 21.0. The summed E-state index contributed by atoms with van der Waals surface area (Å²) in [5.74, 6) is -0.275. The number of nitrogens with zero attached hydrogens (tertiary/aromatic N) is 2. The van der Waals surface area contributed by atoms with Crippen molar-refractivity contribution >= 4 is 55.7 Å². The van der Waals surface area contributed by atoms with Crippen molar-refractivity contribution in [2.45, 2.75) is 6.04 Å². The van der Waals surface area contributed by atoms with Gasteiger partial charge in [0.1, 0.15) is 24.7 Å². The smallest absolute Gasteiger partial charge is 0.301 e. The highest BCUT2D eigenvalue weighted by Crippen LogP contribution is 2.45. The number of amides is 1. The van der Waals surface area contributed by atoms with Crippen LogP contribution in [0, 0.1) is 0 Å². The van der Waals surface area contributed by atoms with Crippen molar-refractivity contribution in [3.8, 4) is 17.2 Å². The highest BCUT2D eigenvalue weighted by atomic mass is 35.5. The second kappa shape index (κ2) is 9.10. The van der Waals surface area contributed by atoms with E-state index in [1.165, 1.54) is 16.2 Å². The van der Waals surface area contributed by atoms with E-state index >= 15 is 0 Å². The number of ketones is 1. The fraction of sp³-hybridized carbons (Fsp3) is 0.148. The molecule has 10 heteroatoms. The lowest BCUT2D eigenvalue weighted by atomic mass is 9.95. The second-order valence-electron chi connectivity index (χ2n) is 8.41. The number of Topliss-reactive ketones (excluding diaryl/α,β-unsaturated/α-hetero) is 1. The number of aliphatic hydroxyl groups excluding tert-OH is 1. The lowest BCUT2D eigenvalue weighted by molar-refractivity contribution is -0.132. The van der Waals surface area contributed by atoms with Gasteiger partial charge in [0, 0.05) is 10.6 Å². The molecule has 1 fully saturated rings. The van der Waals surface area contributed by atoms with E-state index in [4.69, 9.17) is 25.8 Å². The molecular weight excluding hydrogens is 516 g/mol. The first-order valence-electron chi connectivity index (χ1n) is 11.4. The molecule has 37 heavy (non-hydrogen) atoms. The number of fused-ring (bicyclic) bond motifs is 2. The molecule has 0 radical (unpaired) electrons. The van der Waals surface area contributed by atoms with Gasteiger partial charge in [-0.15, -0.1) is 0 Å². The van der Waals surface area contributed by atoms with Gasteiger partial charge in [-0.1, -0.05) is 35.1 Å². The highest BCUT2D eigenvalue weighted by Gasteiger charge is 2.48. The standard InChI is InChI=1S/C27H19ClN2O6S/c1-34-17-7-8-18-21(13-17)37-27(29-18)30-23(14-2-5-16(28)6-3-14)22(25(32)26(30)33)24(31)15-4-9-19-20(12-15)36-11-10-35-19/h2-9,12-13,23,31H,10-11H2,1H3/b24-22+/t23-/m0/s1. The SMILES string of the molecule is COc1ccc2nc(N3C(=O)C(=O)/C(=C(/O)c4ccc5c(c4)OCCO5)[C@@H]3c3ccc(Cl)cc3)sc2c1. The minimum absolute atomic E-state index is 0.0548. The third kappa shape index (κ3) is 3.96. The van der Waals surface area contributed by atoms with E-state index in [1.807, 2.05) is 6.07 Å². The lowest BCUT2D eigenvalue weighted by Gasteiger charge is -2.23. The first-order valence-corrected chi connectivity index (χ1v) is 12.5. The molecule has 0 aliphatic carbocycles. The Balaban J connectivity index is 1.52. The summed E-state index contributed by atoms with van der Waals surface area (Å²) in [6.07, 6.45) is 0. The van der Waals surface area contributed by atoms with E-state index < -0.39 is 17.7 Å². The number of thiazole rings is 1. The fourth-order valence-corrected chi connectivity index (χ4v) is 5.61. The summed E-state index contributed by atoms with van der Waals surface area (Å²) < 4.78 is 17.3. The molecule has 0 spiro atoms. The number of hydrogen-bond acceptors (Lipinski definition) is 8. The minimum atomic E-state index is -0.923. The van der Waals surface area contributed by atoms with Gasteiger partial charge in [0.05, 0.1) is 28.9 Å². The molecule has 1 amide bonds. The van der Waals surface area contributed by atoms with Crippen LogP contribution in [0.15, 0.2) is 66.2 Å². The zero-order chi connectivity index (χ0) is 25.7. The maximum atomic E-state index is 13.4. The quantitative estimate of drug-likeness (QED) is 0.214. The fourth-order valence-electron chi connectivity index (χ4n) is 4.46. The number of ether oxygens (including phenoxy) is 3. The lowest BCUT2D eigenvalue weighted by Crippen LogP contribution is -2.29. The van der Waals surface area contributed by atoms with Gasteiger partial charge in [0.25, 0.3) is 5.78 Å². The van der Waals surface area contributed by atoms with E-state index in [-0.39, 0.29) is 11.3 Å². The van der Waals surface area contributed by atoms with E-state index in [9.17, 15) is 14.7 Å². The molecule has 1 aromatic heterocycles. The molecule has 0 saturated carbocycles.